The van der Waals surface area contributed by atoms with E-state index in [4.69, 9.17) is 5.73 Å². The summed E-state index contributed by atoms with van der Waals surface area (Å²) in [4.78, 5) is 4.36. The first-order valence-electron chi connectivity index (χ1n) is 5.69. The van der Waals surface area contributed by atoms with E-state index in [-0.39, 0.29) is 11.9 Å². The molecule has 0 aliphatic carbocycles. The molecule has 0 spiro atoms. The number of nitrogens with two attached hydrogens (primary N) is 1. The number of pyridine rings is 1. The van der Waals surface area contributed by atoms with Crippen molar-refractivity contribution < 1.29 is 4.39 Å². The van der Waals surface area contributed by atoms with Gasteiger partial charge >= 0.3 is 0 Å². The molecule has 1 aromatic carbocycles. The van der Waals surface area contributed by atoms with Crippen LogP contribution in [0.4, 0.5) is 4.39 Å². The van der Waals surface area contributed by atoms with E-state index in [1.165, 1.54) is 6.07 Å². The lowest BCUT2D eigenvalue weighted by Crippen LogP contribution is -2.16. The third-order valence-electron chi connectivity index (χ3n) is 2.74. The van der Waals surface area contributed by atoms with Gasteiger partial charge in [-0.25, -0.2) is 4.39 Å². The lowest BCUT2D eigenvalue weighted by atomic mass is 10.0. The minimum Gasteiger partial charge on any atom is -0.322 e. The van der Waals surface area contributed by atoms with Gasteiger partial charge in [-0.05, 0) is 49.2 Å². The van der Waals surface area contributed by atoms with Crippen molar-refractivity contribution in [1.82, 2.24) is 4.98 Å². The Hall–Kier alpha value is -1.26. The van der Waals surface area contributed by atoms with Crippen molar-refractivity contribution >= 4 is 15.9 Å². The molecule has 0 fully saturated rings. The molecule has 2 rings (SSSR count). The number of benzene rings is 1. The summed E-state index contributed by atoms with van der Waals surface area (Å²) in [6, 6.07) is 10.3. The van der Waals surface area contributed by atoms with Crippen molar-refractivity contribution in [2.75, 3.05) is 0 Å². The molecule has 0 aliphatic rings. The van der Waals surface area contributed by atoms with E-state index in [1.807, 2.05) is 25.1 Å². The van der Waals surface area contributed by atoms with E-state index >= 15 is 0 Å². The molecule has 1 heterocycles. The van der Waals surface area contributed by atoms with E-state index in [2.05, 4.69) is 20.9 Å². The van der Waals surface area contributed by atoms with E-state index in [9.17, 15) is 4.39 Å². The Morgan fingerprint density at radius 2 is 2.11 bits per heavy atom. The van der Waals surface area contributed by atoms with Gasteiger partial charge in [-0.1, -0.05) is 22.0 Å². The Morgan fingerprint density at radius 1 is 1.33 bits per heavy atom. The zero-order valence-electron chi connectivity index (χ0n) is 10.0. The Balaban J connectivity index is 2.21. The Morgan fingerprint density at radius 3 is 2.83 bits per heavy atom. The van der Waals surface area contributed by atoms with Gasteiger partial charge in [-0.3, -0.25) is 4.98 Å². The van der Waals surface area contributed by atoms with Crippen molar-refractivity contribution in [1.29, 1.82) is 0 Å². The van der Waals surface area contributed by atoms with Gasteiger partial charge in [-0.2, -0.15) is 0 Å². The van der Waals surface area contributed by atoms with Crippen LogP contribution in [0, 0.1) is 12.7 Å². The van der Waals surface area contributed by atoms with Gasteiger partial charge in [0.05, 0.1) is 11.7 Å². The monoisotopic (exact) mass is 308 g/mol. The predicted octanol–water partition coefficient (Wildman–Crippen LogP) is 3.53. The second-order valence-corrected chi connectivity index (χ2v) is 5.17. The standard InChI is InChI=1S/C14H14BrFN2/c1-9-3-2-4-14(18-9)13(17)8-10-7-11(15)5-6-12(10)16/h2-7,13H,8,17H2,1H3. The fraction of sp³-hybridized carbons (Fsp3) is 0.214. The molecule has 1 unspecified atom stereocenters. The highest BCUT2D eigenvalue weighted by Gasteiger charge is 2.12. The smallest absolute Gasteiger partial charge is 0.126 e. The maximum absolute atomic E-state index is 13.6. The zero-order chi connectivity index (χ0) is 13.1. The van der Waals surface area contributed by atoms with Crippen LogP contribution in [-0.4, -0.2) is 4.98 Å². The summed E-state index contributed by atoms with van der Waals surface area (Å²) in [6.45, 7) is 1.91. The molecule has 2 aromatic rings. The van der Waals surface area contributed by atoms with Gasteiger partial charge in [0.15, 0.2) is 0 Å². The fourth-order valence-corrected chi connectivity index (χ4v) is 2.22. The summed E-state index contributed by atoms with van der Waals surface area (Å²) in [5, 5.41) is 0. The lowest BCUT2D eigenvalue weighted by molar-refractivity contribution is 0.589. The maximum Gasteiger partial charge on any atom is 0.126 e. The number of nitrogens with zero attached hydrogens (tertiary/aromatic N) is 1. The molecule has 18 heavy (non-hydrogen) atoms. The summed E-state index contributed by atoms with van der Waals surface area (Å²) in [6.07, 6.45) is 0.432. The minimum atomic E-state index is -0.298. The normalized spacial score (nSPS) is 12.4. The third-order valence-corrected chi connectivity index (χ3v) is 3.23. The minimum absolute atomic E-state index is 0.235. The molecule has 1 aromatic heterocycles. The highest BCUT2D eigenvalue weighted by atomic mass is 79.9. The largest absolute Gasteiger partial charge is 0.322 e. The summed E-state index contributed by atoms with van der Waals surface area (Å²) >= 11 is 3.33. The summed E-state index contributed by atoms with van der Waals surface area (Å²) in [5.74, 6) is -0.235. The van der Waals surface area contributed by atoms with Crippen LogP contribution in [0.25, 0.3) is 0 Å². The first-order chi connectivity index (χ1) is 8.56. The van der Waals surface area contributed by atoms with Crippen LogP contribution in [0.15, 0.2) is 40.9 Å². The van der Waals surface area contributed by atoms with Crippen molar-refractivity contribution in [3.8, 4) is 0 Å². The molecule has 4 heteroatoms. The Bertz CT molecular complexity index is 557. The molecule has 94 valence electrons. The first-order valence-corrected chi connectivity index (χ1v) is 6.48. The number of aromatic nitrogens is 1. The molecule has 0 saturated carbocycles. The highest BCUT2D eigenvalue weighted by Crippen LogP contribution is 2.20. The second-order valence-electron chi connectivity index (χ2n) is 4.25. The summed E-state index contributed by atoms with van der Waals surface area (Å²) < 4.78 is 14.5. The van der Waals surface area contributed by atoms with Crippen LogP contribution in [0.5, 0.6) is 0 Å². The van der Waals surface area contributed by atoms with Gasteiger partial charge in [0, 0.05) is 10.2 Å². The lowest BCUT2D eigenvalue weighted by Gasteiger charge is -2.12. The number of halogens is 2. The molecule has 0 aliphatic heterocycles. The molecule has 0 saturated heterocycles. The van der Waals surface area contributed by atoms with Gasteiger partial charge in [0.1, 0.15) is 5.82 Å². The van der Waals surface area contributed by atoms with Gasteiger partial charge in [-0.15, -0.1) is 0 Å². The van der Waals surface area contributed by atoms with Gasteiger partial charge in [0.25, 0.3) is 0 Å². The van der Waals surface area contributed by atoms with Crippen LogP contribution in [0.1, 0.15) is 23.0 Å². The van der Waals surface area contributed by atoms with Crippen LogP contribution in [0.3, 0.4) is 0 Å². The Kier molecular flexibility index (Phi) is 4.09. The molecule has 2 nitrogen and oxygen atoms in total. The van der Waals surface area contributed by atoms with Gasteiger partial charge < -0.3 is 5.73 Å². The molecule has 0 bridgehead atoms. The van der Waals surface area contributed by atoms with E-state index < -0.39 is 0 Å². The van der Waals surface area contributed by atoms with E-state index in [1.54, 1.807) is 12.1 Å². The van der Waals surface area contributed by atoms with E-state index in [0.29, 0.717) is 12.0 Å². The zero-order valence-corrected chi connectivity index (χ0v) is 11.6. The first kappa shape index (κ1) is 13.2. The number of rotatable bonds is 3. The second kappa shape index (κ2) is 5.59. The quantitative estimate of drug-likeness (QED) is 0.942. The van der Waals surface area contributed by atoms with Crippen molar-refractivity contribution in [2.24, 2.45) is 5.73 Å². The number of hydrogen-bond acceptors (Lipinski definition) is 2. The molecular weight excluding hydrogens is 295 g/mol. The van der Waals surface area contributed by atoms with Gasteiger partial charge in [0.2, 0.25) is 0 Å². The van der Waals surface area contributed by atoms with Crippen molar-refractivity contribution in [3.63, 3.8) is 0 Å². The fourth-order valence-electron chi connectivity index (χ4n) is 1.81. The summed E-state index contributed by atoms with van der Waals surface area (Å²) in [7, 11) is 0. The third kappa shape index (κ3) is 3.15. The molecule has 2 N–H and O–H groups in total. The van der Waals surface area contributed by atoms with Crippen LogP contribution >= 0.6 is 15.9 Å². The van der Waals surface area contributed by atoms with Crippen LogP contribution in [0.2, 0.25) is 0 Å². The molecule has 0 radical (unpaired) electrons. The predicted molar refractivity (Wildman–Crippen MR) is 73.7 cm³/mol. The summed E-state index contributed by atoms with van der Waals surface area (Å²) in [5.41, 5.74) is 8.37. The average Bonchev–Trinajstić information content (AvgIpc) is 2.34. The van der Waals surface area contributed by atoms with Crippen molar-refractivity contribution in [3.05, 3.63) is 63.6 Å². The maximum atomic E-state index is 13.6. The molecule has 1 atom stereocenters. The average molecular weight is 309 g/mol. The van der Waals surface area contributed by atoms with Crippen LogP contribution < -0.4 is 5.73 Å². The van der Waals surface area contributed by atoms with Crippen molar-refractivity contribution in [2.45, 2.75) is 19.4 Å². The number of hydrogen-bond donors (Lipinski definition) is 1. The van der Waals surface area contributed by atoms with E-state index in [0.717, 1.165) is 15.9 Å². The Labute approximate surface area is 114 Å². The molecular formula is C14H14BrFN2. The molecule has 0 amide bonds. The SMILES string of the molecule is Cc1cccc(C(N)Cc2cc(Br)ccc2F)n1. The highest BCUT2D eigenvalue weighted by molar-refractivity contribution is 9.10. The topological polar surface area (TPSA) is 38.9 Å². The van der Waals surface area contributed by atoms with Crippen LogP contribution in [-0.2, 0) is 6.42 Å². The number of aryl methyl sites for hydroxylation is 1.